The SMILES string of the molecule is CCCN(CC(=O)N(CC)Cc1ccccc1)C(C)=O. The van der Waals surface area contributed by atoms with E-state index in [1.165, 1.54) is 6.92 Å². The van der Waals surface area contributed by atoms with Crippen molar-refractivity contribution in [2.75, 3.05) is 19.6 Å². The quantitative estimate of drug-likeness (QED) is 0.766. The monoisotopic (exact) mass is 276 g/mol. The second kappa shape index (κ2) is 8.35. The molecular weight excluding hydrogens is 252 g/mol. The predicted molar refractivity (Wildman–Crippen MR) is 80.1 cm³/mol. The molecule has 0 N–H and O–H groups in total. The molecule has 4 heteroatoms. The smallest absolute Gasteiger partial charge is 0.242 e. The van der Waals surface area contributed by atoms with E-state index in [-0.39, 0.29) is 18.4 Å². The molecule has 0 radical (unpaired) electrons. The summed E-state index contributed by atoms with van der Waals surface area (Å²) >= 11 is 0. The van der Waals surface area contributed by atoms with Crippen LogP contribution in [0, 0.1) is 0 Å². The average molecular weight is 276 g/mol. The first kappa shape index (κ1) is 16.2. The maximum Gasteiger partial charge on any atom is 0.242 e. The molecule has 0 saturated carbocycles. The standard InChI is InChI=1S/C16H24N2O2/c1-4-11-18(14(3)19)13-16(20)17(5-2)12-15-9-7-6-8-10-15/h6-10H,4-5,11-13H2,1-3H3. The van der Waals surface area contributed by atoms with Gasteiger partial charge in [0.15, 0.2) is 0 Å². The molecule has 0 heterocycles. The van der Waals surface area contributed by atoms with Gasteiger partial charge >= 0.3 is 0 Å². The van der Waals surface area contributed by atoms with E-state index in [4.69, 9.17) is 0 Å². The van der Waals surface area contributed by atoms with Gasteiger partial charge in [-0.25, -0.2) is 0 Å². The molecule has 1 rings (SSSR count). The fraction of sp³-hybridized carbons (Fsp3) is 0.500. The van der Waals surface area contributed by atoms with Crippen LogP contribution in [0.3, 0.4) is 0 Å². The Morgan fingerprint density at radius 2 is 1.70 bits per heavy atom. The maximum absolute atomic E-state index is 12.3. The van der Waals surface area contributed by atoms with E-state index in [0.717, 1.165) is 12.0 Å². The third kappa shape index (κ3) is 5.03. The zero-order valence-corrected chi connectivity index (χ0v) is 12.6. The summed E-state index contributed by atoms with van der Waals surface area (Å²) in [6, 6.07) is 9.90. The van der Waals surface area contributed by atoms with Gasteiger partial charge in [-0.2, -0.15) is 0 Å². The van der Waals surface area contributed by atoms with Gasteiger partial charge in [0, 0.05) is 26.6 Å². The van der Waals surface area contributed by atoms with Crippen molar-refractivity contribution in [3.05, 3.63) is 35.9 Å². The van der Waals surface area contributed by atoms with Gasteiger partial charge in [0.2, 0.25) is 11.8 Å². The summed E-state index contributed by atoms with van der Waals surface area (Å²) in [5.41, 5.74) is 1.10. The number of amides is 2. The number of hydrogen-bond acceptors (Lipinski definition) is 2. The van der Waals surface area contributed by atoms with E-state index < -0.39 is 0 Å². The summed E-state index contributed by atoms with van der Waals surface area (Å²) in [5.74, 6) is -0.0454. The highest BCUT2D eigenvalue weighted by atomic mass is 16.2. The Morgan fingerprint density at radius 3 is 2.20 bits per heavy atom. The van der Waals surface area contributed by atoms with Crippen LogP contribution in [0.5, 0.6) is 0 Å². The summed E-state index contributed by atoms with van der Waals surface area (Å²) < 4.78 is 0. The third-order valence-corrected chi connectivity index (χ3v) is 3.22. The molecule has 20 heavy (non-hydrogen) atoms. The van der Waals surface area contributed by atoms with Crippen molar-refractivity contribution in [2.24, 2.45) is 0 Å². The molecular formula is C16H24N2O2. The van der Waals surface area contributed by atoms with Crippen LogP contribution in [-0.2, 0) is 16.1 Å². The van der Waals surface area contributed by atoms with Gasteiger partial charge in [0.1, 0.15) is 0 Å². The molecule has 1 aromatic carbocycles. The normalized spacial score (nSPS) is 10.2. The minimum atomic E-state index is -0.0454. The van der Waals surface area contributed by atoms with Crippen LogP contribution in [0.15, 0.2) is 30.3 Å². The summed E-state index contributed by atoms with van der Waals surface area (Å²) in [5, 5.41) is 0. The number of rotatable bonds is 7. The molecule has 0 spiro atoms. The molecule has 1 aromatic rings. The molecule has 0 aliphatic carbocycles. The van der Waals surface area contributed by atoms with Crippen molar-refractivity contribution in [2.45, 2.75) is 33.7 Å². The number of carbonyl (C=O) groups excluding carboxylic acids is 2. The van der Waals surface area contributed by atoms with Gasteiger partial charge < -0.3 is 9.80 Å². The molecule has 0 aliphatic heterocycles. The van der Waals surface area contributed by atoms with E-state index in [1.807, 2.05) is 44.2 Å². The van der Waals surface area contributed by atoms with Crippen LogP contribution in [0.2, 0.25) is 0 Å². The van der Waals surface area contributed by atoms with Crippen molar-refractivity contribution in [1.29, 1.82) is 0 Å². The van der Waals surface area contributed by atoms with E-state index in [2.05, 4.69) is 0 Å². The van der Waals surface area contributed by atoms with Gasteiger partial charge in [0.05, 0.1) is 6.54 Å². The fourth-order valence-electron chi connectivity index (χ4n) is 2.06. The van der Waals surface area contributed by atoms with E-state index in [9.17, 15) is 9.59 Å². The van der Waals surface area contributed by atoms with E-state index in [0.29, 0.717) is 19.6 Å². The second-order valence-corrected chi connectivity index (χ2v) is 4.83. The lowest BCUT2D eigenvalue weighted by molar-refractivity contribution is -0.139. The van der Waals surface area contributed by atoms with Crippen LogP contribution in [0.4, 0.5) is 0 Å². The first-order valence-corrected chi connectivity index (χ1v) is 7.15. The van der Waals surface area contributed by atoms with Crippen molar-refractivity contribution >= 4 is 11.8 Å². The average Bonchev–Trinajstić information content (AvgIpc) is 2.45. The molecule has 4 nitrogen and oxygen atoms in total. The number of nitrogens with zero attached hydrogens (tertiary/aromatic N) is 2. The molecule has 2 amide bonds. The number of carbonyl (C=O) groups is 2. The molecule has 0 aliphatic rings. The topological polar surface area (TPSA) is 40.6 Å². The van der Waals surface area contributed by atoms with Crippen LogP contribution in [-0.4, -0.2) is 41.2 Å². The predicted octanol–water partition coefficient (Wildman–Crippen LogP) is 2.29. The Kier molecular flexibility index (Phi) is 6.77. The summed E-state index contributed by atoms with van der Waals surface area (Å²) in [4.78, 5) is 27.2. The first-order valence-electron chi connectivity index (χ1n) is 7.15. The van der Waals surface area contributed by atoms with Crippen molar-refractivity contribution in [3.63, 3.8) is 0 Å². The lowest BCUT2D eigenvalue weighted by Gasteiger charge is -2.26. The van der Waals surface area contributed by atoms with E-state index in [1.54, 1.807) is 9.80 Å². The first-order chi connectivity index (χ1) is 9.58. The Morgan fingerprint density at radius 1 is 1.05 bits per heavy atom. The maximum atomic E-state index is 12.3. The Bertz CT molecular complexity index is 431. The van der Waals surface area contributed by atoms with Gasteiger partial charge in [-0.15, -0.1) is 0 Å². The minimum absolute atomic E-state index is 0.00000283. The van der Waals surface area contributed by atoms with Gasteiger partial charge in [-0.05, 0) is 18.9 Å². The van der Waals surface area contributed by atoms with Crippen molar-refractivity contribution < 1.29 is 9.59 Å². The highest BCUT2D eigenvalue weighted by Crippen LogP contribution is 2.05. The lowest BCUT2D eigenvalue weighted by atomic mass is 10.2. The zero-order chi connectivity index (χ0) is 15.0. The highest BCUT2D eigenvalue weighted by molar-refractivity contribution is 5.83. The Labute approximate surface area is 121 Å². The summed E-state index contributed by atoms with van der Waals surface area (Å²) in [6.45, 7) is 7.50. The molecule has 0 atom stereocenters. The molecule has 0 bridgehead atoms. The van der Waals surface area contributed by atoms with Gasteiger partial charge in [-0.3, -0.25) is 9.59 Å². The van der Waals surface area contributed by atoms with Crippen molar-refractivity contribution in [1.82, 2.24) is 9.80 Å². The van der Waals surface area contributed by atoms with Gasteiger partial charge in [0.25, 0.3) is 0 Å². The van der Waals surface area contributed by atoms with Crippen molar-refractivity contribution in [3.8, 4) is 0 Å². The van der Waals surface area contributed by atoms with Crippen LogP contribution in [0.25, 0.3) is 0 Å². The Balaban J connectivity index is 2.64. The zero-order valence-electron chi connectivity index (χ0n) is 12.6. The van der Waals surface area contributed by atoms with Gasteiger partial charge in [-0.1, -0.05) is 37.3 Å². The number of likely N-dealkylation sites (N-methyl/N-ethyl adjacent to an activating group) is 1. The number of benzene rings is 1. The minimum Gasteiger partial charge on any atom is -0.337 e. The molecule has 0 aromatic heterocycles. The van der Waals surface area contributed by atoms with Crippen LogP contribution in [0.1, 0.15) is 32.8 Å². The molecule has 0 unspecified atom stereocenters. The molecule has 0 fully saturated rings. The third-order valence-electron chi connectivity index (χ3n) is 3.22. The summed E-state index contributed by atoms with van der Waals surface area (Å²) in [6.07, 6.45) is 0.859. The highest BCUT2D eigenvalue weighted by Gasteiger charge is 2.17. The summed E-state index contributed by atoms with van der Waals surface area (Å²) in [7, 11) is 0. The lowest BCUT2D eigenvalue weighted by Crippen LogP contribution is -2.42. The van der Waals surface area contributed by atoms with Crippen LogP contribution < -0.4 is 0 Å². The largest absolute Gasteiger partial charge is 0.337 e. The number of hydrogen-bond donors (Lipinski definition) is 0. The van der Waals surface area contributed by atoms with Crippen LogP contribution >= 0.6 is 0 Å². The molecule has 0 saturated heterocycles. The fourth-order valence-corrected chi connectivity index (χ4v) is 2.06. The Hall–Kier alpha value is -1.84. The van der Waals surface area contributed by atoms with E-state index >= 15 is 0 Å². The second-order valence-electron chi connectivity index (χ2n) is 4.83. The molecule has 110 valence electrons.